The van der Waals surface area contributed by atoms with Gasteiger partial charge in [0.25, 0.3) is 0 Å². The lowest BCUT2D eigenvalue weighted by Gasteiger charge is -2.22. The number of rotatable bonds is 5. The Hall–Kier alpha value is -1.21. The van der Waals surface area contributed by atoms with Gasteiger partial charge in [0, 0.05) is 30.0 Å². The van der Waals surface area contributed by atoms with Gasteiger partial charge in [0.1, 0.15) is 0 Å². The molecule has 2 unspecified atom stereocenters. The van der Waals surface area contributed by atoms with E-state index < -0.39 is 10.8 Å². The van der Waals surface area contributed by atoms with E-state index in [1.807, 2.05) is 12.3 Å². The van der Waals surface area contributed by atoms with Crippen LogP contribution < -0.4 is 0 Å². The summed E-state index contributed by atoms with van der Waals surface area (Å²) in [6, 6.07) is 4.27. The maximum Gasteiger partial charge on any atom is 0.0628 e. The van der Waals surface area contributed by atoms with Crippen molar-refractivity contribution in [3.05, 3.63) is 24.0 Å². The molecule has 3 nitrogen and oxygen atoms in total. The third kappa shape index (κ3) is 4.14. The van der Waals surface area contributed by atoms with E-state index >= 15 is 0 Å². The second-order valence-electron chi connectivity index (χ2n) is 6.22. The average Bonchev–Trinajstić information content (AvgIpc) is 2.52. The minimum atomic E-state index is -0.959. The summed E-state index contributed by atoms with van der Waals surface area (Å²) in [5.74, 6) is 0.552. The SMILES string of the molecule is CC(C)C(CC#N)c1cncc(S(=O)C2CCCCC2)c1. The highest BCUT2D eigenvalue weighted by atomic mass is 32.2. The van der Waals surface area contributed by atoms with Gasteiger partial charge in [-0.15, -0.1) is 0 Å². The van der Waals surface area contributed by atoms with Gasteiger partial charge in [0.15, 0.2) is 0 Å². The Labute approximate surface area is 130 Å². The number of aromatic nitrogens is 1. The Morgan fingerprint density at radius 2 is 2.05 bits per heavy atom. The number of nitrogens with zero attached hydrogens (tertiary/aromatic N) is 2. The van der Waals surface area contributed by atoms with Crippen molar-refractivity contribution in [2.45, 2.75) is 68.4 Å². The van der Waals surface area contributed by atoms with Gasteiger partial charge in [-0.05, 0) is 30.4 Å². The summed E-state index contributed by atoms with van der Waals surface area (Å²) in [6.07, 6.45) is 9.80. The van der Waals surface area contributed by atoms with Gasteiger partial charge in [0.2, 0.25) is 0 Å². The number of hydrogen-bond acceptors (Lipinski definition) is 3. The van der Waals surface area contributed by atoms with E-state index in [0.29, 0.717) is 12.3 Å². The predicted octanol–water partition coefficient (Wildman–Crippen LogP) is 4.18. The van der Waals surface area contributed by atoms with Gasteiger partial charge in [0.05, 0.1) is 21.8 Å². The molecule has 0 radical (unpaired) electrons. The number of pyridine rings is 1. The molecule has 1 saturated carbocycles. The molecule has 1 aromatic rings. The first-order valence-electron chi connectivity index (χ1n) is 7.86. The van der Waals surface area contributed by atoms with Gasteiger partial charge in [-0.2, -0.15) is 5.26 Å². The Bertz CT molecular complexity index is 530. The van der Waals surface area contributed by atoms with Crippen LogP contribution in [0.4, 0.5) is 0 Å². The average molecular weight is 304 g/mol. The van der Waals surface area contributed by atoms with Gasteiger partial charge in [-0.25, -0.2) is 0 Å². The van der Waals surface area contributed by atoms with Crippen molar-refractivity contribution in [2.75, 3.05) is 0 Å². The highest BCUT2D eigenvalue weighted by Gasteiger charge is 2.23. The molecule has 2 atom stereocenters. The Morgan fingerprint density at radius 1 is 1.33 bits per heavy atom. The van der Waals surface area contributed by atoms with E-state index in [0.717, 1.165) is 23.3 Å². The zero-order valence-corrected chi connectivity index (χ0v) is 13.7. The monoisotopic (exact) mass is 304 g/mol. The first-order valence-corrected chi connectivity index (χ1v) is 9.07. The Balaban J connectivity index is 2.20. The molecular weight excluding hydrogens is 280 g/mol. The molecule has 0 bridgehead atoms. The lowest BCUT2D eigenvalue weighted by Crippen LogP contribution is -2.19. The normalized spacial score (nSPS) is 19.1. The van der Waals surface area contributed by atoms with Crippen LogP contribution in [0.15, 0.2) is 23.4 Å². The maximum absolute atomic E-state index is 12.7. The summed E-state index contributed by atoms with van der Waals surface area (Å²) < 4.78 is 12.7. The van der Waals surface area contributed by atoms with Crippen molar-refractivity contribution in [3.63, 3.8) is 0 Å². The minimum Gasteiger partial charge on any atom is -0.263 e. The van der Waals surface area contributed by atoms with Crippen molar-refractivity contribution in [1.82, 2.24) is 4.98 Å². The topological polar surface area (TPSA) is 53.8 Å². The summed E-state index contributed by atoms with van der Waals surface area (Å²) >= 11 is 0. The van der Waals surface area contributed by atoms with E-state index in [1.54, 1.807) is 6.20 Å². The van der Waals surface area contributed by atoms with Crippen molar-refractivity contribution in [1.29, 1.82) is 5.26 Å². The molecule has 1 aliphatic rings. The van der Waals surface area contributed by atoms with Crippen LogP contribution >= 0.6 is 0 Å². The molecule has 2 rings (SSSR count). The summed E-state index contributed by atoms with van der Waals surface area (Å²) in [5, 5.41) is 9.28. The molecule has 0 aromatic carbocycles. The van der Waals surface area contributed by atoms with Crippen molar-refractivity contribution in [2.24, 2.45) is 5.92 Å². The fraction of sp³-hybridized carbons (Fsp3) is 0.647. The second-order valence-corrected chi connectivity index (χ2v) is 7.96. The molecule has 114 valence electrons. The van der Waals surface area contributed by atoms with E-state index in [1.165, 1.54) is 19.3 Å². The minimum absolute atomic E-state index is 0.172. The molecule has 0 saturated heterocycles. The van der Waals surface area contributed by atoms with Crippen LogP contribution in [-0.4, -0.2) is 14.4 Å². The summed E-state index contributed by atoms with van der Waals surface area (Å²) in [7, 11) is -0.959. The molecule has 1 aromatic heterocycles. The van der Waals surface area contributed by atoms with Crippen LogP contribution in [0.1, 0.15) is 63.9 Å². The fourth-order valence-electron chi connectivity index (χ4n) is 3.06. The van der Waals surface area contributed by atoms with Crippen molar-refractivity contribution in [3.8, 4) is 6.07 Å². The highest BCUT2D eigenvalue weighted by Crippen LogP contribution is 2.30. The number of hydrogen-bond donors (Lipinski definition) is 0. The van der Waals surface area contributed by atoms with Crippen LogP contribution in [-0.2, 0) is 10.8 Å². The molecule has 4 heteroatoms. The third-order valence-electron chi connectivity index (χ3n) is 4.37. The fourth-order valence-corrected chi connectivity index (χ4v) is 4.62. The van der Waals surface area contributed by atoms with Crippen LogP contribution in [0.25, 0.3) is 0 Å². The Kier molecular flexibility index (Phi) is 5.93. The van der Waals surface area contributed by atoms with E-state index in [9.17, 15) is 4.21 Å². The van der Waals surface area contributed by atoms with Crippen LogP contribution in [0.5, 0.6) is 0 Å². The first kappa shape index (κ1) is 16.2. The summed E-state index contributed by atoms with van der Waals surface area (Å²) in [6.45, 7) is 4.24. The quantitative estimate of drug-likeness (QED) is 0.820. The van der Waals surface area contributed by atoms with Gasteiger partial charge in [-0.3, -0.25) is 9.19 Å². The van der Waals surface area contributed by atoms with Gasteiger partial charge >= 0.3 is 0 Å². The molecule has 0 amide bonds. The van der Waals surface area contributed by atoms with Crippen molar-refractivity contribution >= 4 is 10.8 Å². The van der Waals surface area contributed by atoms with E-state index in [2.05, 4.69) is 24.9 Å². The molecule has 1 aliphatic carbocycles. The van der Waals surface area contributed by atoms with Crippen molar-refractivity contribution < 1.29 is 4.21 Å². The first-order chi connectivity index (χ1) is 10.1. The molecular formula is C17H24N2OS. The second kappa shape index (κ2) is 7.70. The van der Waals surface area contributed by atoms with Gasteiger partial charge < -0.3 is 0 Å². The zero-order valence-electron chi connectivity index (χ0n) is 12.9. The molecule has 0 aliphatic heterocycles. The third-order valence-corrected chi connectivity index (χ3v) is 6.13. The lowest BCUT2D eigenvalue weighted by atomic mass is 9.87. The molecule has 21 heavy (non-hydrogen) atoms. The number of nitriles is 1. The van der Waals surface area contributed by atoms with Crippen LogP contribution in [0.2, 0.25) is 0 Å². The van der Waals surface area contributed by atoms with Gasteiger partial charge in [-0.1, -0.05) is 33.1 Å². The smallest absolute Gasteiger partial charge is 0.0628 e. The Morgan fingerprint density at radius 3 is 2.67 bits per heavy atom. The zero-order chi connectivity index (χ0) is 15.2. The molecule has 0 N–H and O–H groups in total. The summed E-state index contributed by atoms with van der Waals surface area (Å²) in [4.78, 5) is 5.12. The summed E-state index contributed by atoms with van der Waals surface area (Å²) in [5.41, 5.74) is 1.05. The highest BCUT2D eigenvalue weighted by molar-refractivity contribution is 7.85. The molecule has 0 spiro atoms. The largest absolute Gasteiger partial charge is 0.263 e. The van der Waals surface area contributed by atoms with E-state index in [4.69, 9.17) is 5.26 Å². The van der Waals surface area contributed by atoms with Crippen LogP contribution in [0, 0.1) is 17.2 Å². The predicted molar refractivity (Wildman–Crippen MR) is 85.3 cm³/mol. The van der Waals surface area contributed by atoms with E-state index in [-0.39, 0.29) is 11.2 Å². The standard InChI is InChI=1S/C17H24N2OS/c1-13(2)17(8-9-18)14-10-16(12-19-11-14)21(20)15-6-4-3-5-7-15/h10-13,15,17H,3-8H2,1-2H3. The lowest BCUT2D eigenvalue weighted by molar-refractivity contribution is 0.501. The maximum atomic E-state index is 12.7. The molecule has 1 fully saturated rings. The van der Waals surface area contributed by atoms with Crippen LogP contribution in [0.3, 0.4) is 0 Å². The molecule has 1 heterocycles.